The Hall–Kier alpha value is -0.830. The quantitative estimate of drug-likeness (QED) is 0.783. The van der Waals surface area contributed by atoms with E-state index < -0.39 is 0 Å². The number of hydrogen-bond donors (Lipinski definition) is 1. The van der Waals surface area contributed by atoms with Gasteiger partial charge in [0.1, 0.15) is 0 Å². The molecule has 0 unspecified atom stereocenters. The predicted molar refractivity (Wildman–Crippen MR) is 57.3 cm³/mol. The summed E-state index contributed by atoms with van der Waals surface area (Å²) in [4.78, 5) is 0. The number of nitrogens with zero attached hydrogens (tertiary/aromatic N) is 2. The van der Waals surface area contributed by atoms with E-state index in [-0.39, 0.29) is 0 Å². The van der Waals surface area contributed by atoms with Crippen molar-refractivity contribution in [2.75, 3.05) is 6.54 Å². The molecule has 14 heavy (non-hydrogen) atoms. The van der Waals surface area contributed by atoms with Crippen molar-refractivity contribution in [3.8, 4) is 0 Å². The van der Waals surface area contributed by atoms with Crippen LogP contribution in [-0.2, 0) is 13.5 Å². The summed E-state index contributed by atoms with van der Waals surface area (Å²) >= 11 is 0. The Morgan fingerprint density at radius 1 is 1.57 bits per heavy atom. The molecular formula is C11H19N3. The van der Waals surface area contributed by atoms with Crippen molar-refractivity contribution >= 4 is 0 Å². The van der Waals surface area contributed by atoms with Gasteiger partial charge in [-0.05, 0) is 38.3 Å². The molecular weight excluding hydrogens is 174 g/mol. The summed E-state index contributed by atoms with van der Waals surface area (Å²) < 4.78 is 1.94. The lowest BCUT2D eigenvalue weighted by molar-refractivity contribution is 0.342. The predicted octanol–water partition coefficient (Wildman–Crippen LogP) is 1.41. The zero-order chi connectivity index (χ0) is 9.97. The second-order valence-electron chi connectivity index (χ2n) is 4.21. The molecule has 1 heterocycles. The number of rotatable bonds is 4. The van der Waals surface area contributed by atoms with Crippen molar-refractivity contribution in [2.45, 2.75) is 38.6 Å². The van der Waals surface area contributed by atoms with E-state index in [0.29, 0.717) is 0 Å². The van der Waals surface area contributed by atoms with Crippen LogP contribution in [0.1, 0.15) is 30.5 Å². The smallest absolute Gasteiger partial charge is 0.0524 e. The maximum Gasteiger partial charge on any atom is 0.0524 e. The Morgan fingerprint density at radius 2 is 2.36 bits per heavy atom. The molecule has 0 atom stereocenters. The fourth-order valence-corrected chi connectivity index (χ4v) is 1.81. The first-order valence-electron chi connectivity index (χ1n) is 5.48. The van der Waals surface area contributed by atoms with E-state index in [1.807, 2.05) is 17.9 Å². The zero-order valence-electron chi connectivity index (χ0n) is 9.08. The molecule has 78 valence electrons. The van der Waals surface area contributed by atoms with Gasteiger partial charge in [0.05, 0.1) is 6.20 Å². The van der Waals surface area contributed by atoms with E-state index in [9.17, 15) is 0 Å². The van der Waals surface area contributed by atoms with Crippen LogP contribution in [0.2, 0.25) is 0 Å². The molecule has 0 radical (unpaired) electrons. The molecule has 1 aliphatic carbocycles. The fraction of sp³-hybridized carbons (Fsp3) is 0.727. The van der Waals surface area contributed by atoms with E-state index in [0.717, 1.165) is 19.0 Å². The number of aryl methyl sites for hydroxylation is 1. The van der Waals surface area contributed by atoms with Crippen molar-refractivity contribution in [1.29, 1.82) is 0 Å². The second kappa shape index (κ2) is 4.13. The van der Waals surface area contributed by atoms with E-state index in [4.69, 9.17) is 0 Å². The molecule has 1 saturated carbocycles. The van der Waals surface area contributed by atoms with E-state index in [2.05, 4.69) is 17.3 Å². The molecule has 3 heteroatoms. The van der Waals surface area contributed by atoms with Gasteiger partial charge >= 0.3 is 0 Å². The maximum absolute atomic E-state index is 4.24. The van der Waals surface area contributed by atoms with Crippen molar-refractivity contribution in [3.63, 3.8) is 0 Å². The van der Waals surface area contributed by atoms with Gasteiger partial charge in [-0.25, -0.2) is 0 Å². The SMILES string of the molecule is Cc1c(CCNC2CCC2)cnn1C. The highest BCUT2D eigenvalue weighted by atomic mass is 15.3. The molecule has 0 amide bonds. The standard InChI is InChI=1S/C11H19N3/c1-9-10(8-13-14(9)2)6-7-12-11-4-3-5-11/h8,11-12H,3-7H2,1-2H3. The van der Waals surface area contributed by atoms with Crippen molar-refractivity contribution in [2.24, 2.45) is 7.05 Å². The van der Waals surface area contributed by atoms with Crippen LogP contribution in [-0.4, -0.2) is 22.4 Å². The summed E-state index contributed by atoms with van der Waals surface area (Å²) in [6, 6.07) is 0.798. The van der Waals surface area contributed by atoms with Crippen LogP contribution in [0.3, 0.4) is 0 Å². The molecule has 1 fully saturated rings. The molecule has 1 aliphatic rings. The summed E-state index contributed by atoms with van der Waals surface area (Å²) in [5, 5.41) is 7.80. The van der Waals surface area contributed by atoms with Gasteiger partial charge < -0.3 is 5.32 Å². The first kappa shape index (κ1) is 9.71. The third-order valence-electron chi connectivity index (χ3n) is 3.27. The lowest BCUT2D eigenvalue weighted by Crippen LogP contribution is -2.36. The molecule has 1 aromatic rings. The minimum absolute atomic E-state index is 0.798. The van der Waals surface area contributed by atoms with E-state index in [1.54, 1.807) is 0 Å². The summed E-state index contributed by atoms with van der Waals surface area (Å²) in [7, 11) is 2.00. The number of hydrogen-bond acceptors (Lipinski definition) is 2. The third kappa shape index (κ3) is 1.98. The molecule has 3 nitrogen and oxygen atoms in total. The van der Waals surface area contributed by atoms with Gasteiger partial charge in [-0.15, -0.1) is 0 Å². The van der Waals surface area contributed by atoms with E-state index >= 15 is 0 Å². The fourth-order valence-electron chi connectivity index (χ4n) is 1.81. The Morgan fingerprint density at radius 3 is 2.86 bits per heavy atom. The molecule has 0 aromatic carbocycles. The Labute approximate surface area is 85.5 Å². The van der Waals surface area contributed by atoms with Crippen LogP contribution >= 0.6 is 0 Å². The highest BCUT2D eigenvalue weighted by Crippen LogP contribution is 2.17. The first-order valence-corrected chi connectivity index (χ1v) is 5.48. The van der Waals surface area contributed by atoms with Gasteiger partial charge in [-0.2, -0.15) is 5.10 Å². The van der Waals surface area contributed by atoms with Gasteiger partial charge in [-0.3, -0.25) is 4.68 Å². The minimum Gasteiger partial charge on any atom is -0.314 e. The van der Waals surface area contributed by atoms with Gasteiger partial charge in [0.2, 0.25) is 0 Å². The maximum atomic E-state index is 4.24. The normalized spacial score (nSPS) is 17.0. The van der Waals surface area contributed by atoms with Crippen LogP contribution in [0.5, 0.6) is 0 Å². The molecule has 0 aliphatic heterocycles. The topological polar surface area (TPSA) is 29.9 Å². The average Bonchev–Trinajstić information content (AvgIpc) is 2.40. The second-order valence-corrected chi connectivity index (χ2v) is 4.21. The van der Waals surface area contributed by atoms with Crippen LogP contribution in [0, 0.1) is 6.92 Å². The molecule has 2 rings (SSSR count). The highest BCUT2D eigenvalue weighted by Gasteiger charge is 2.15. The van der Waals surface area contributed by atoms with Crippen molar-refractivity contribution in [1.82, 2.24) is 15.1 Å². The lowest BCUT2D eigenvalue weighted by Gasteiger charge is -2.26. The summed E-state index contributed by atoms with van der Waals surface area (Å²) in [5.41, 5.74) is 2.67. The number of aromatic nitrogens is 2. The third-order valence-corrected chi connectivity index (χ3v) is 3.27. The Bertz CT molecular complexity index is 299. The minimum atomic E-state index is 0.798. The van der Waals surface area contributed by atoms with Crippen molar-refractivity contribution < 1.29 is 0 Å². The lowest BCUT2D eigenvalue weighted by atomic mass is 9.93. The summed E-state index contributed by atoms with van der Waals surface area (Å²) in [5.74, 6) is 0. The van der Waals surface area contributed by atoms with Gasteiger partial charge in [0.15, 0.2) is 0 Å². The molecule has 0 saturated heterocycles. The zero-order valence-corrected chi connectivity index (χ0v) is 9.08. The first-order chi connectivity index (χ1) is 6.77. The van der Waals surface area contributed by atoms with Crippen molar-refractivity contribution in [3.05, 3.63) is 17.5 Å². The van der Waals surface area contributed by atoms with Gasteiger partial charge in [-0.1, -0.05) is 6.42 Å². The van der Waals surface area contributed by atoms with Crippen LogP contribution < -0.4 is 5.32 Å². The number of nitrogens with one attached hydrogen (secondary N) is 1. The Balaban J connectivity index is 1.76. The van der Waals surface area contributed by atoms with Gasteiger partial charge in [0.25, 0.3) is 0 Å². The molecule has 0 spiro atoms. The monoisotopic (exact) mass is 193 g/mol. The van der Waals surface area contributed by atoms with Crippen LogP contribution in [0.25, 0.3) is 0 Å². The van der Waals surface area contributed by atoms with Crippen LogP contribution in [0.4, 0.5) is 0 Å². The van der Waals surface area contributed by atoms with Crippen LogP contribution in [0.15, 0.2) is 6.20 Å². The largest absolute Gasteiger partial charge is 0.314 e. The summed E-state index contributed by atoms with van der Waals surface area (Å²) in [6.45, 7) is 3.23. The summed E-state index contributed by atoms with van der Waals surface area (Å²) in [6.07, 6.45) is 7.23. The molecule has 1 N–H and O–H groups in total. The highest BCUT2D eigenvalue weighted by molar-refractivity contribution is 5.16. The molecule has 0 bridgehead atoms. The van der Waals surface area contributed by atoms with E-state index in [1.165, 1.54) is 30.5 Å². The van der Waals surface area contributed by atoms with Gasteiger partial charge in [0, 0.05) is 18.8 Å². The Kier molecular flexibility index (Phi) is 2.87. The average molecular weight is 193 g/mol. The molecule has 1 aromatic heterocycles.